The highest BCUT2D eigenvalue weighted by molar-refractivity contribution is 5.77. The molecule has 0 aromatic heterocycles. The van der Waals surface area contributed by atoms with E-state index in [1.165, 1.54) is 12.0 Å². The Morgan fingerprint density at radius 2 is 1.85 bits per heavy atom. The molecule has 0 spiro atoms. The molecular weight excluding hydrogens is 250 g/mol. The van der Waals surface area contributed by atoms with Crippen molar-refractivity contribution in [2.24, 2.45) is 0 Å². The summed E-state index contributed by atoms with van der Waals surface area (Å²) in [6.07, 6.45) is 4.61. The molecule has 0 saturated carbocycles. The number of amides is 1. The van der Waals surface area contributed by atoms with Crippen molar-refractivity contribution in [3.8, 4) is 5.75 Å². The van der Waals surface area contributed by atoms with Crippen molar-refractivity contribution in [1.82, 2.24) is 4.90 Å². The van der Waals surface area contributed by atoms with E-state index in [-0.39, 0.29) is 12.5 Å². The minimum Gasteiger partial charge on any atom is -0.484 e. The average Bonchev–Trinajstić information content (AvgIpc) is 2.53. The Labute approximate surface area is 121 Å². The summed E-state index contributed by atoms with van der Waals surface area (Å²) in [5.74, 6) is 1.46. The van der Waals surface area contributed by atoms with Crippen LogP contribution in [-0.2, 0) is 4.79 Å². The molecule has 0 N–H and O–H groups in total. The van der Waals surface area contributed by atoms with E-state index in [1.54, 1.807) is 0 Å². The molecular formula is C17H25NO2. The van der Waals surface area contributed by atoms with Gasteiger partial charge in [-0.25, -0.2) is 0 Å². The lowest BCUT2D eigenvalue weighted by molar-refractivity contribution is -0.134. The van der Waals surface area contributed by atoms with Crippen molar-refractivity contribution in [2.75, 3.05) is 19.7 Å². The normalized spacial score (nSPS) is 16.8. The molecule has 20 heavy (non-hydrogen) atoms. The van der Waals surface area contributed by atoms with Gasteiger partial charge in [-0.05, 0) is 49.3 Å². The summed E-state index contributed by atoms with van der Waals surface area (Å²) >= 11 is 0. The van der Waals surface area contributed by atoms with E-state index in [0.717, 1.165) is 38.1 Å². The van der Waals surface area contributed by atoms with Crippen molar-refractivity contribution in [1.29, 1.82) is 0 Å². The van der Waals surface area contributed by atoms with Crippen LogP contribution in [0.3, 0.4) is 0 Å². The maximum absolute atomic E-state index is 12.0. The van der Waals surface area contributed by atoms with E-state index in [9.17, 15) is 4.79 Å². The molecule has 0 radical (unpaired) electrons. The van der Waals surface area contributed by atoms with Crippen LogP contribution in [0.4, 0.5) is 0 Å². The summed E-state index contributed by atoms with van der Waals surface area (Å²) in [7, 11) is 0. The zero-order valence-corrected chi connectivity index (χ0v) is 12.6. The number of ether oxygens (including phenoxy) is 1. The van der Waals surface area contributed by atoms with Crippen LogP contribution < -0.4 is 4.74 Å². The molecule has 1 aromatic rings. The number of rotatable bonds is 5. The lowest BCUT2D eigenvalue weighted by Crippen LogP contribution is -2.38. The van der Waals surface area contributed by atoms with Crippen molar-refractivity contribution >= 4 is 5.91 Å². The molecule has 1 unspecified atom stereocenters. The third-order valence-electron chi connectivity index (χ3n) is 4.13. The number of hydrogen-bond acceptors (Lipinski definition) is 2. The van der Waals surface area contributed by atoms with Gasteiger partial charge in [-0.1, -0.05) is 26.0 Å². The second-order valence-corrected chi connectivity index (χ2v) is 5.61. The largest absolute Gasteiger partial charge is 0.484 e. The molecule has 1 aliphatic heterocycles. The smallest absolute Gasteiger partial charge is 0.260 e. The van der Waals surface area contributed by atoms with E-state index in [0.29, 0.717) is 5.92 Å². The summed E-state index contributed by atoms with van der Waals surface area (Å²) in [4.78, 5) is 13.9. The predicted octanol–water partition coefficient (Wildman–Crippen LogP) is 3.59. The second kappa shape index (κ2) is 7.32. The van der Waals surface area contributed by atoms with Crippen LogP contribution in [-0.4, -0.2) is 30.5 Å². The molecule has 1 amide bonds. The van der Waals surface area contributed by atoms with Crippen LogP contribution in [0.1, 0.15) is 51.0 Å². The molecule has 110 valence electrons. The van der Waals surface area contributed by atoms with E-state index in [1.807, 2.05) is 17.0 Å². The average molecular weight is 275 g/mol. The second-order valence-electron chi connectivity index (χ2n) is 5.61. The Balaban J connectivity index is 1.82. The van der Waals surface area contributed by atoms with Gasteiger partial charge in [-0.15, -0.1) is 0 Å². The summed E-state index contributed by atoms with van der Waals surface area (Å²) in [5.41, 5.74) is 1.32. The number of likely N-dealkylation sites (tertiary alicyclic amines) is 1. The number of carbonyl (C=O) groups is 1. The molecule has 2 rings (SSSR count). The fourth-order valence-corrected chi connectivity index (χ4v) is 2.51. The number of nitrogens with zero attached hydrogens (tertiary/aromatic N) is 1. The molecule has 0 bridgehead atoms. The zero-order chi connectivity index (χ0) is 14.4. The summed E-state index contributed by atoms with van der Waals surface area (Å²) in [6.45, 7) is 6.33. The van der Waals surface area contributed by atoms with Gasteiger partial charge in [0.05, 0.1) is 0 Å². The topological polar surface area (TPSA) is 29.5 Å². The van der Waals surface area contributed by atoms with Gasteiger partial charge in [-0.3, -0.25) is 4.79 Å². The summed E-state index contributed by atoms with van der Waals surface area (Å²) in [5, 5.41) is 0. The summed E-state index contributed by atoms with van der Waals surface area (Å²) in [6, 6.07) is 8.11. The van der Waals surface area contributed by atoms with Gasteiger partial charge in [0, 0.05) is 13.1 Å². The van der Waals surface area contributed by atoms with Crippen LogP contribution in [0.2, 0.25) is 0 Å². The Morgan fingerprint density at radius 1 is 1.20 bits per heavy atom. The Bertz CT molecular complexity index is 421. The molecule has 3 nitrogen and oxygen atoms in total. The highest BCUT2D eigenvalue weighted by atomic mass is 16.5. The summed E-state index contributed by atoms with van der Waals surface area (Å²) < 4.78 is 5.60. The zero-order valence-electron chi connectivity index (χ0n) is 12.6. The lowest BCUT2D eigenvalue weighted by atomic mass is 9.99. The first-order valence-electron chi connectivity index (χ1n) is 7.71. The highest BCUT2D eigenvalue weighted by Gasteiger charge is 2.16. The Morgan fingerprint density at radius 3 is 2.45 bits per heavy atom. The molecule has 1 saturated heterocycles. The van der Waals surface area contributed by atoms with Gasteiger partial charge < -0.3 is 9.64 Å². The van der Waals surface area contributed by atoms with Crippen LogP contribution in [0.5, 0.6) is 5.75 Å². The van der Waals surface area contributed by atoms with E-state index < -0.39 is 0 Å². The first kappa shape index (κ1) is 14.9. The fraction of sp³-hybridized carbons (Fsp3) is 0.588. The first-order chi connectivity index (χ1) is 9.70. The van der Waals surface area contributed by atoms with E-state index >= 15 is 0 Å². The predicted molar refractivity (Wildman–Crippen MR) is 81.1 cm³/mol. The molecule has 0 aliphatic carbocycles. The third-order valence-corrected chi connectivity index (χ3v) is 4.13. The van der Waals surface area contributed by atoms with Gasteiger partial charge in [0.15, 0.2) is 6.61 Å². The number of piperidine rings is 1. The molecule has 1 aliphatic rings. The molecule has 1 heterocycles. The Kier molecular flexibility index (Phi) is 5.45. The third kappa shape index (κ3) is 3.99. The minimum atomic E-state index is 0.107. The molecule has 1 aromatic carbocycles. The van der Waals surface area contributed by atoms with Gasteiger partial charge in [0.2, 0.25) is 0 Å². The maximum atomic E-state index is 12.0. The number of benzene rings is 1. The van der Waals surface area contributed by atoms with Gasteiger partial charge in [-0.2, -0.15) is 0 Å². The quantitative estimate of drug-likeness (QED) is 0.822. The van der Waals surface area contributed by atoms with Gasteiger partial charge in [0.25, 0.3) is 5.91 Å². The van der Waals surface area contributed by atoms with E-state index in [4.69, 9.17) is 4.74 Å². The van der Waals surface area contributed by atoms with Crippen molar-refractivity contribution < 1.29 is 9.53 Å². The monoisotopic (exact) mass is 275 g/mol. The first-order valence-corrected chi connectivity index (χ1v) is 7.71. The lowest BCUT2D eigenvalue weighted by Gasteiger charge is -2.26. The van der Waals surface area contributed by atoms with E-state index in [2.05, 4.69) is 26.0 Å². The highest BCUT2D eigenvalue weighted by Crippen LogP contribution is 2.21. The van der Waals surface area contributed by atoms with Crippen molar-refractivity contribution in [3.05, 3.63) is 29.8 Å². The van der Waals surface area contributed by atoms with Crippen LogP contribution >= 0.6 is 0 Å². The standard InChI is InChI=1S/C17H25NO2/c1-3-14(2)15-7-9-16(10-8-15)20-13-17(19)18-11-5-4-6-12-18/h7-10,14H,3-6,11-13H2,1-2H3. The molecule has 1 atom stereocenters. The van der Waals surface area contributed by atoms with Gasteiger partial charge in [0.1, 0.15) is 5.75 Å². The van der Waals surface area contributed by atoms with Crippen molar-refractivity contribution in [2.45, 2.75) is 45.4 Å². The number of carbonyl (C=O) groups excluding carboxylic acids is 1. The fourth-order valence-electron chi connectivity index (χ4n) is 2.51. The minimum absolute atomic E-state index is 0.107. The van der Waals surface area contributed by atoms with Gasteiger partial charge >= 0.3 is 0 Å². The maximum Gasteiger partial charge on any atom is 0.260 e. The van der Waals surface area contributed by atoms with Crippen LogP contribution in [0, 0.1) is 0 Å². The van der Waals surface area contributed by atoms with Crippen LogP contribution in [0.15, 0.2) is 24.3 Å². The Hall–Kier alpha value is -1.51. The SMILES string of the molecule is CCC(C)c1ccc(OCC(=O)N2CCCCC2)cc1. The van der Waals surface area contributed by atoms with Crippen molar-refractivity contribution in [3.63, 3.8) is 0 Å². The molecule has 3 heteroatoms. The number of hydrogen-bond donors (Lipinski definition) is 0. The van der Waals surface area contributed by atoms with Crippen LogP contribution in [0.25, 0.3) is 0 Å². The molecule has 1 fully saturated rings.